The van der Waals surface area contributed by atoms with Crippen molar-refractivity contribution in [3.63, 3.8) is 0 Å². The van der Waals surface area contributed by atoms with Crippen molar-refractivity contribution >= 4 is 17.7 Å². The Labute approximate surface area is 153 Å². The SMILES string of the molecule is O=[NH+]C1CCCCC1C(=O)NC1NC(C2CCC3COCC3C2)CS1. The fraction of sp³-hybridized carbons (Fsp3) is 0.944. The minimum Gasteiger partial charge on any atom is -0.381 e. The first-order chi connectivity index (χ1) is 12.2. The van der Waals surface area contributed by atoms with Crippen LogP contribution < -0.4 is 15.8 Å². The third kappa shape index (κ3) is 3.88. The van der Waals surface area contributed by atoms with E-state index in [1.54, 1.807) is 11.8 Å². The number of nitrogens with one attached hydrogen (secondary N) is 3. The highest BCUT2D eigenvalue weighted by Gasteiger charge is 2.41. The zero-order valence-corrected chi connectivity index (χ0v) is 15.6. The lowest BCUT2D eigenvalue weighted by Crippen LogP contribution is -2.77. The highest BCUT2D eigenvalue weighted by molar-refractivity contribution is 8.00. The van der Waals surface area contributed by atoms with E-state index >= 15 is 0 Å². The normalized spacial score (nSPS) is 44.2. The molecule has 0 aromatic heterocycles. The number of rotatable bonds is 4. The Hall–Kier alpha value is -0.660. The Morgan fingerprint density at radius 3 is 2.76 bits per heavy atom. The summed E-state index contributed by atoms with van der Waals surface area (Å²) in [5, 5.41) is 8.86. The van der Waals surface area contributed by atoms with Gasteiger partial charge in [-0.2, -0.15) is 0 Å². The summed E-state index contributed by atoms with van der Waals surface area (Å²) in [5.74, 6) is 3.13. The smallest absolute Gasteiger partial charge is 0.231 e. The third-order valence-electron chi connectivity index (χ3n) is 6.75. The standard InChI is InChI=1S/C18H29N3O3S/c22-17(14-3-1-2-4-15(14)21-23)20-18-19-16(10-25-18)11-5-6-12-8-24-9-13(12)7-11/h11-16,18-19H,1-10H2,(H,20,22)/p+1. The van der Waals surface area contributed by atoms with Crippen molar-refractivity contribution in [2.45, 2.75) is 62.5 Å². The van der Waals surface area contributed by atoms with Crippen molar-refractivity contribution in [3.05, 3.63) is 4.91 Å². The Balaban J connectivity index is 1.27. The van der Waals surface area contributed by atoms with Crippen LogP contribution in [0.25, 0.3) is 0 Å². The number of nitroso groups, excluding NO2 is 1. The molecule has 0 aromatic rings. The first-order valence-electron chi connectivity index (χ1n) is 9.88. The molecule has 0 radical (unpaired) electrons. The first-order valence-corrected chi connectivity index (χ1v) is 10.9. The van der Waals surface area contributed by atoms with Crippen LogP contribution in [0.15, 0.2) is 0 Å². The molecule has 140 valence electrons. The number of thioether (sulfide) groups is 1. The van der Waals surface area contributed by atoms with Crippen LogP contribution in [-0.2, 0) is 9.53 Å². The number of hydrogen-bond donors (Lipinski definition) is 3. The monoisotopic (exact) mass is 368 g/mol. The molecule has 2 aliphatic carbocycles. The van der Waals surface area contributed by atoms with Gasteiger partial charge in [-0.15, -0.1) is 11.8 Å². The third-order valence-corrected chi connectivity index (χ3v) is 7.89. The summed E-state index contributed by atoms with van der Waals surface area (Å²) in [7, 11) is 0. The van der Waals surface area contributed by atoms with Crippen molar-refractivity contribution in [1.82, 2.24) is 10.6 Å². The van der Waals surface area contributed by atoms with E-state index in [1.165, 1.54) is 19.3 Å². The summed E-state index contributed by atoms with van der Waals surface area (Å²) >= 11 is 1.80. The van der Waals surface area contributed by atoms with Crippen LogP contribution in [-0.4, -0.2) is 42.5 Å². The topological polar surface area (TPSA) is 81.4 Å². The van der Waals surface area contributed by atoms with Gasteiger partial charge in [0.2, 0.25) is 11.9 Å². The maximum atomic E-state index is 12.6. The lowest BCUT2D eigenvalue weighted by Gasteiger charge is -2.34. The summed E-state index contributed by atoms with van der Waals surface area (Å²) in [5.41, 5.74) is -0.00993. The molecule has 0 bridgehead atoms. The van der Waals surface area contributed by atoms with Gasteiger partial charge in [-0.1, -0.05) is 6.42 Å². The van der Waals surface area contributed by atoms with Gasteiger partial charge in [0.1, 0.15) is 11.4 Å². The Morgan fingerprint density at radius 2 is 1.88 bits per heavy atom. The molecule has 0 aromatic carbocycles. The average molecular weight is 369 g/mol. The number of fused-ring (bicyclic) bond motifs is 1. The number of hydrogen-bond acceptors (Lipinski definition) is 5. The maximum absolute atomic E-state index is 12.6. The van der Waals surface area contributed by atoms with Crippen molar-refractivity contribution in [2.24, 2.45) is 23.7 Å². The van der Waals surface area contributed by atoms with Gasteiger partial charge in [0.05, 0.1) is 0 Å². The second kappa shape index (κ2) is 7.92. The molecule has 4 rings (SSSR count). The van der Waals surface area contributed by atoms with Crippen LogP contribution in [0.4, 0.5) is 0 Å². The van der Waals surface area contributed by atoms with E-state index < -0.39 is 0 Å². The second-order valence-corrected chi connectivity index (χ2v) is 9.38. The minimum atomic E-state index is -0.214. The van der Waals surface area contributed by atoms with E-state index in [0.29, 0.717) is 12.0 Å². The molecule has 0 spiro atoms. The average Bonchev–Trinajstić information content (AvgIpc) is 3.30. The maximum Gasteiger partial charge on any atom is 0.231 e. The molecule has 7 heteroatoms. The molecule has 25 heavy (non-hydrogen) atoms. The number of amides is 1. The summed E-state index contributed by atoms with van der Waals surface area (Å²) < 4.78 is 5.65. The van der Waals surface area contributed by atoms with E-state index in [0.717, 1.165) is 56.5 Å². The van der Waals surface area contributed by atoms with Crippen molar-refractivity contribution < 1.29 is 14.7 Å². The molecule has 6 nitrogen and oxygen atoms in total. The molecule has 3 N–H and O–H groups in total. The molecule has 1 amide bonds. The quantitative estimate of drug-likeness (QED) is 0.676. The van der Waals surface area contributed by atoms with Gasteiger partial charge in [-0.05, 0) is 55.0 Å². The second-order valence-electron chi connectivity index (χ2n) is 8.24. The van der Waals surface area contributed by atoms with Gasteiger partial charge in [0.15, 0.2) is 0 Å². The van der Waals surface area contributed by atoms with Gasteiger partial charge >= 0.3 is 0 Å². The van der Waals surface area contributed by atoms with Gasteiger partial charge < -0.3 is 10.1 Å². The molecule has 4 aliphatic rings. The molecule has 2 heterocycles. The van der Waals surface area contributed by atoms with Crippen LogP contribution in [0.3, 0.4) is 0 Å². The van der Waals surface area contributed by atoms with E-state index in [1.807, 2.05) is 0 Å². The molecule has 4 fully saturated rings. The van der Waals surface area contributed by atoms with E-state index in [9.17, 15) is 9.70 Å². The van der Waals surface area contributed by atoms with Gasteiger partial charge in [0.25, 0.3) is 0 Å². The summed E-state index contributed by atoms with van der Waals surface area (Å²) in [6.07, 6.45) is 7.52. The molecule has 7 atom stereocenters. The zero-order chi connectivity index (χ0) is 17.2. The highest BCUT2D eigenvalue weighted by Crippen LogP contribution is 2.41. The van der Waals surface area contributed by atoms with Gasteiger partial charge in [-0.25, -0.2) is 0 Å². The van der Waals surface area contributed by atoms with Gasteiger partial charge in [0, 0.05) is 36.3 Å². The van der Waals surface area contributed by atoms with E-state index in [2.05, 4.69) is 15.8 Å². The zero-order valence-electron chi connectivity index (χ0n) is 14.7. The lowest BCUT2D eigenvalue weighted by molar-refractivity contribution is -0.535. The van der Waals surface area contributed by atoms with Crippen LogP contribution in [0.2, 0.25) is 0 Å². The largest absolute Gasteiger partial charge is 0.381 e. The summed E-state index contributed by atoms with van der Waals surface area (Å²) in [6.45, 7) is 1.89. The number of carbonyl (C=O) groups is 1. The molecule has 2 saturated carbocycles. The Bertz CT molecular complexity index is 506. The number of carbonyl (C=O) groups excluding carboxylic acids is 1. The molecular weight excluding hydrogens is 338 g/mol. The molecule has 7 unspecified atom stereocenters. The Kier molecular flexibility index (Phi) is 5.62. The molecule has 2 aliphatic heterocycles. The summed E-state index contributed by atoms with van der Waals surface area (Å²) in [4.78, 5) is 23.7. The van der Waals surface area contributed by atoms with Crippen LogP contribution >= 0.6 is 11.8 Å². The highest BCUT2D eigenvalue weighted by atomic mass is 32.2. The first kappa shape index (κ1) is 17.7. The van der Waals surface area contributed by atoms with Crippen molar-refractivity contribution in [2.75, 3.05) is 19.0 Å². The predicted octanol–water partition coefficient (Wildman–Crippen LogP) is 0.560. The van der Waals surface area contributed by atoms with E-state index in [-0.39, 0.29) is 23.4 Å². The van der Waals surface area contributed by atoms with E-state index in [4.69, 9.17) is 4.74 Å². The van der Waals surface area contributed by atoms with Crippen LogP contribution in [0, 0.1) is 28.6 Å². The number of ether oxygens (including phenoxy) is 1. The fourth-order valence-electron chi connectivity index (χ4n) is 5.19. The minimum absolute atomic E-state index is 0.00993. The predicted molar refractivity (Wildman–Crippen MR) is 96.5 cm³/mol. The fourth-order valence-corrected chi connectivity index (χ4v) is 6.43. The Morgan fingerprint density at radius 1 is 1.08 bits per heavy atom. The summed E-state index contributed by atoms with van der Waals surface area (Å²) in [6, 6.07) is 0.269. The van der Waals surface area contributed by atoms with Crippen molar-refractivity contribution in [3.8, 4) is 0 Å². The van der Waals surface area contributed by atoms with Gasteiger partial charge in [-0.3, -0.25) is 10.1 Å². The molecular formula is C18H30N3O3S+. The van der Waals surface area contributed by atoms with Crippen LogP contribution in [0.1, 0.15) is 44.9 Å². The van der Waals surface area contributed by atoms with Crippen molar-refractivity contribution in [1.29, 1.82) is 0 Å². The molecule has 2 saturated heterocycles. The lowest BCUT2D eigenvalue weighted by atomic mass is 9.73. The van der Waals surface area contributed by atoms with Crippen LogP contribution in [0.5, 0.6) is 0 Å².